The Hall–Kier alpha value is -1.94. The number of carbonyl (C=O) groups excluding carboxylic acids is 1. The first-order valence-electron chi connectivity index (χ1n) is 9.14. The maximum absolute atomic E-state index is 12.9. The van der Waals surface area contributed by atoms with Crippen LogP contribution in [-0.2, 0) is 10.2 Å². The van der Waals surface area contributed by atoms with Gasteiger partial charge in [-0.1, -0.05) is 60.7 Å². The Bertz CT molecular complexity index is 1030. The first-order chi connectivity index (χ1) is 14.0. The van der Waals surface area contributed by atoms with Crippen molar-refractivity contribution in [3.05, 3.63) is 96.6 Å². The first-order valence-corrected chi connectivity index (χ1v) is 11.3. The third kappa shape index (κ3) is 4.05. The van der Waals surface area contributed by atoms with Crippen molar-refractivity contribution < 1.29 is 9.90 Å². The van der Waals surface area contributed by atoms with Gasteiger partial charge in [0.1, 0.15) is 5.75 Å². The molecule has 4 rings (SSSR count). The van der Waals surface area contributed by atoms with Gasteiger partial charge in [0.2, 0.25) is 5.91 Å². The molecule has 3 aromatic rings. The molecule has 0 aliphatic heterocycles. The minimum Gasteiger partial charge on any atom is -0.506 e. The summed E-state index contributed by atoms with van der Waals surface area (Å²) >= 11 is 4.26. The molecule has 1 saturated carbocycles. The average Bonchev–Trinajstić information content (AvgIpc) is 3.50. The number of amides is 1. The van der Waals surface area contributed by atoms with Crippen LogP contribution in [0.5, 0.6) is 5.75 Å². The second-order valence-electron chi connectivity index (χ2n) is 7.02. The number of phenols is 1. The zero-order valence-corrected chi connectivity index (χ0v) is 19.7. The molecule has 2 N–H and O–H groups in total. The molecule has 6 heteroatoms. The predicted molar refractivity (Wildman–Crippen MR) is 131 cm³/mol. The van der Waals surface area contributed by atoms with Crippen LogP contribution in [0.4, 0.5) is 0 Å². The molecule has 0 saturated heterocycles. The zero-order valence-electron chi connectivity index (χ0n) is 15.3. The number of hydrogen-bond acceptors (Lipinski definition) is 3. The number of halogens is 2. The van der Waals surface area contributed by atoms with E-state index in [0.29, 0.717) is 5.56 Å². The van der Waals surface area contributed by atoms with E-state index in [1.807, 2.05) is 48.5 Å². The maximum atomic E-state index is 12.9. The van der Waals surface area contributed by atoms with Crippen molar-refractivity contribution in [2.24, 2.45) is 11.0 Å². The van der Waals surface area contributed by atoms with E-state index >= 15 is 0 Å². The molecule has 29 heavy (non-hydrogen) atoms. The van der Waals surface area contributed by atoms with Gasteiger partial charge in [-0.15, -0.1) is 0 Å². The molecule has 0 unspecified atom stereocenters. The Morgan fingerprint density at radius 2 is 1.62 bits per heavy atom. The number of hydrazone groups is 1. The van der Waals surface area contributed by atoms with Gasteiger partial charge in [-0.05, 0) is 74.9 Å². The lowest BCUT2D eigenvalue weighted by Crippen LogP contribution is -2.25. The fraction of sp³-hybridized carbons (Fsp3) is 0.130. The Kier molecular flexibility index (Phi) is 5.91. The Morgan fingerprint density at radius 3 is 2.21 bits per heavy atom. The Labute approximate surface area is 196 Å². The third-order valence-corrected chi connectivity index (χ3v) is 6.74. The van der Waals surface area contributed by atoms with E-state index < -0.39 is 0 Å². The van der Waals surface area contributed by atoms with Crippen molar-refractivity contribution in [3.8, 4) is 5.75 Å². The van der Waals surface area contributed by atoms with Gasteiger partial charge in [-0.25, -0.2) is 5.43 Å². The Balaban J connectivity index is 1.55. The monoisotopic (exact) mass is 608 g/mol. The van der Waals surface area contributed by atoms with Crippen molar-refractivity contribution in [1.29, 1.82) is 0 Å². The number of carbonyl (C=O) groups is 1. The molecule has 3 aromatic carbocycles. The van der Waals surface area contributed by atoms with E-state index in [1.54, 1.807) is 0 Å². The summed E-state index contributed by atoms with van der Waals surface area (Å²) in [5.41, 5.74) is 5.21. The summed E-state index contributed by atoms with van der Waals surface area (Å²) < 4.78 is 1.74. The smallest absolute Gasteiger partial charge is 0.244 e. The van der Waals surface area contributed by atoms with Gasteiger partial charge in [-0.3, -0.25) is 4.79 Å². The van der Waals surface area contributed by atoms with Crippen molar-refractivity contribution in [3.63, 3.8) is 0 Å². The van der Waals surface area contributed by atoms with Crippen LogP contribution in [0.2, 0.25) is 0 Å². The summed E-state index contributed by atoms with van der Waals surface area (Å²) in [6, 6.07) is 24.0. The molecule has 1 atom stereocenters. The highest BCUT2D eigenvalue weighted by atomic mass is 127. The summed E-state index contributed by atoms with van der Waals surface area (Å²) in [5, 5.41) is 14.3. The lowest BCUT2D eigenvalue weighted by atomic mass is 9.85. The molecule has 0 spiro atoms. The summed E-state index contributed by atoms with van der Waals surface area (Å²) in [5.74, 6) is -0.138. The molecule has 146 valence electrons. The normalized spacial score (nSPS) is 17.2. The van der Waals surface area contributed by atoms with Crippen molar-refractivity contribution in [1.82, 2.24) is 5.43 Å². The minimum atomic E-state index is -0.318. The number of benzene rings is 3. The molecule has 1 fully saturated rings. The predicted octanol–water partition coefficient (Wildman–Crippen LogP) is 5.06. The van der Waals surface area contributed by atoms with E-state index in [9.17, 15) is 9.90 Å². The van der Waals surface area contributed by atoms with Crippen LogP contribution in [0.3, 0.4) is 0 Å². The molecule has 0 bridgehead atoms. The molecule has 4 nitrogen and oxygen atoms in total. The highest BCUT2D eigenvalue weighted by molar-refractivity contribution is 14.1. The van der Waals surface area contributed by atoms with Gasteiger partial charge in [0.15, 0.2) is 0 Å². The van der Waals surface area contributed by atoms with Crippen LogP contribution >= 0.6 is 45.2 Å². The number of nitrogens with zero attached hydrogens (tertiary/aromatic N) is 1. The van der Waals surface area contributed by atoms with Crippen molar-refractivity contribution in [2.75, 3.05) is 0 Å². The number of hydrogen-bond donors (Lipinski definition) is 2. The summed E-state index contributed by atoms with van der Waals surface area (Å²) in [7, 11) is 0. The number of aromatic hydroxyl groups is 1. The lowest BCUT2D eigenvalue weighted by Gasteiger charge is -2.18. The number of nitrogens with one attached hydrogen (secondary N) is 1. The summed E-state index contributed by atoms with van der Waals surface area (Å²) in [6.07, 6.45) is 2.24. The van der Waals surface area contributed by atoms with Gasteiger partial charge in [0.25, 0.3) is 0 Å². The van der Waals surface area contributed by atoms with Gasteiger partial charge < -0.3 is 5.11 Å². The topological polar surface area (TPSA) is 61.7 Å². The zero-order chi connectivity index (χ0) is 20.4. The van der Waals surface area contributed by atoms with Crippen LogP contribution < -0.4 is 5.43 Å². The number of rotatable bonds is 5. The van der Waals surface area contributed by atoms with E-state index in [2.05, 4.69) is 80.0 Å². The van der Waals surface area contributed by atoms with Crippen LogP contribution in [0, 0.1) is 13.1 Å². The van der Waals surface area contributed by atoms with Crippen LogP contribution in [0.25, 0.3) is 0 Å². The van der Waals surface area contributed by atoms with E-state index in [1.165, 1.54) is 6.21 Å². The third-order valence-electron chi connectivity index (χ3n) is 5.29. The lowest BCUT2D eigenvalue weighted by molar-refractivity contribution is -0.122. The summed E-state index contributed by atoms with van der Waals surface area (Å²) in [4.78, 5) is 12.9. The standard InChI is InChI=1S/C23H18I2N2O2/c24-18-11-15(21(28)20(25)12-18)14-26-27-22(29)19-13-23(19,16-7-3-1-4-8-16)17-9-5-2-6-10-17/h1-12,14,19,28H,13H2,(H,27,29)/b26-14-/t19-/m0/s1. The molecule has 1 aliphatic rings. The van der Waals surface area contributed by atoms with Gasteiger partial charge >= 0.3 is 0 Å². The van der Waals surface area contributed by atoms with Crippen molar-refractivity contribution in [2.45, 2.75) is 11.8 Å². The highest BCUT2D eigenvalue weighted by Crippen LogP contribution is 2.58. The first kappa shape index (κ1) is 20.3. The molecular weight excluding hydrogens is 590 g/mol. The largest absolute Gasteiger partial charge is 0.506 e. The van der Waals surface area contributed by atoms with Gasteiger partial charge in [0.05, 0.1) is 15.7 Å². The second kappa shape index (κ2) is 8.43. The van der Waals surface area contributed by atoms with Crippen LogP contribution in [0.1, 0.15) is 23.1 Å². The molecule has 1 amide bonds. The van der Waals surface area contributed by atoms with Crippen molar-refractivity contribution >= 4 is 57.3 Å². The van der Waals surface area contributed by atoms with Gasteiger partial charge in [-0.2, -0.15) is 5.10 Å². The quantitative estimate of drug-likeness (QED) is 0.242. The van der Waals surface area contributed by atoms with E-state index in [-0.39, 0.29) is 23.0 Å². The minimum absolute atomic E-state index is 0.117. The van der Waals surface area contributed by atoms with Crippen LogP contribution in [-0.4, -0.2) is 17.2 Å². The van der Waals surface area contributed by atoms with E-state index in [4.69, 9.17) is 0 Å². The molecular formula is C23H18I2N2O2. The molecule has 1 aliphatic carbocycles. The SMILES string of the molecule is O=C(N/N=C\c1cc(I)cc(I)c1O)[C@@H]1CC1(c1ccccc1)c1ccccc1. The number of phenolic OH excluding ortho intramolecular Hbond substituents is 1. The molecule has 0 aromatic heterocycles. The maximum Gasteiger partial charge on any atom is 0.244 e. The van der Waals surface area contributed by atoms with Crippen LogP contribution in [0.15, 0.2) is 77.9 Å². The highest BCUT2D eigenvalue weighted by Gasteiger charge is 2.60. The molecule has 0 radical (unpaired) electrons. The Morgan fingerprint density at radius 1 is 1.03 bits per heavy atom. The second-order valence-corrected chi connectivity index (χ2v) is 9.43. The average molecular weight is 608 g/mol. The summed E-state index contributed by atoms with van der Waals surface area (Å²) in [6.45, 7) is 0. The van der Waals surface area contributed by atoms with E-state index in [0.717, 1.165) is 24.7 Å². The molecule has 0 heterocycles. The fourth-order valence-electron chi connectivity index (χ4n) is 3.78. The fourth-order valence-corrected chi connectivity index (χ4v) is 5.67. The van der Waals surface area contributed by atoms with Gasteiger partial charge in [0, 0.05) is 14.5 Å².